The van der Waals surface area contributed by atoms with Gasteiger partial charge in [0, 0.05) is 33.5 Å². The van der Waals surface area contributed by atoms with Gasteiger partial charge in [0.05, 0.1) is 10.6 Å². The van der Waals surface area contributed by atoms with Crippen LogP contribution in [0.15, 0.2) is 52.0 Å². The molecule has 0 N–H and O–H groups in total. The van der Waals surface area contributed by atoms with Crippen molar-refractivity contribution in [1.29, 1.82) is 0 Å². The van der Waals surface area contributed by atoms with Gasteiger partial charge in [-0.15, -0.1) is 11.8 Å². The summed E-state index contributed by atoms with van der Waals surface area (Å²) in [5, 5.41) is 10.5. The summed E-state index contributed by atoms with van der Waals surface area (Å²) in [7, 11) is 0. The van der Waals surface area contributed by atoms with Gasteiger partial charge in [0.1, 0.15) is 0 Å². The number of non-ortho nitro benzene ring substituents is 1. The van der Waals surface area contributed by atoms with Gasteiger partial charge in [0.2, 0.25) is 0 Å². The van der Waals surface area contributed by atoms with Gasteiger partial charge in [-0.1, -0.05) is 0 Å². The highest BCUT2D eigenvalue weighted by Gasteiger charge is 2.04. The summed E-state index contributed by atoms with van der Waals surface area (Å²) in [6.45, 7) is 0. The summed E-state index contributed by atoms with van der Waals surface area (Å²) in [4.78, 5) is 15.4. The second-order valence-electron chi connectivity index (χ2n) is 3.51. The lowest BCUT2D eigenvalue weighted by atomic mass is 10.3. The van der Waals surface area contributed by atoms with Crippen LogP contribution in [-0.4, -0.2) is 9.91 Å². The Balaban J connectivity index is 1.97. The van der Waals surface area contributed by atoms with E-state index in [1.165, 1.54) is 12.1 Å². The molecule has 0 saturated heterocycles. The van der Waals surface area contributed by atoms with E-state index in [2.05, 4.69) is 20.9 Å². The minimum absolute atomic E-state index is 0.112. The van der Waals surface area contributed by atoms with Gasteiger partial charge < -0.3 is 0 Å². The summed E-state index contributed by atoms with van der Waals surface area (Å²) in [5.74, 6) is 0.741. The first-order chi connectivity index (χ1) is 8.65. The number of nitro benzene ring substituents is 1. The predicted molar refractivity (Wildman–Crippen MR) is 74.6 cm³/mol. The van der Waals surface area contributed by atoms with Gasteiger partial charge >= 0.3 is 0 Å². The maximum atomic E-state index is 10.5. The van der Waals surface area contributed by atoms with Crippen molar-refractivity contribution in [2.24, 2.45) is 0 Å². The lowest BCUT2D eigenvalue weighted by molar-refractivity contribution is -0.384. The Morgan fingerprint density at radius 3 is 2.50 bits per heavy atom. The number of hydrogen-bond acceptors (Lipinski definition) is 4. The summed E-state index contributed by atoms with van der Waals surface area (Å²) in [6.07, 6.45) is 1.76. The fraction of sp³-hybridized carbons (Fsp3) is 0.0833. The average molecular weight is 325 g/mol. The Morgan fingerprint density at radius 1 is 1.22 bits per heavy atom. The lowest BCUT2D eigenvalue weighted by Crippen LogP contribution is -1.88. The van der Waals surface area contributed by atoms with Crippen molar-refractivity contribution in [2.75, 3.05) is 0 Å². The molecule has 0 aliphatic carbocycles. The van der Waals surface area contributed by atoms with Gasteiger partial charge in [-0.25, -0.2) is 0 Å². The van der Waals surface area contributed by atoms with Crippen LogP contribution >= 0.6 is 27.7 Å². The number of thioether (sulfide) groups is 1. The monoisotopic (exact) mass is 324 g/mol. The molecule has 92 valence electrons. The Labute approximate surface area is 117 Å². The van der Waals surface area contributed by atoms with Crippen molar-refractivity contribution in [3.05, 3.63) is 62.9 Å². The Kier molecular flexibility index (Phi) is 4.33. The number of nitrogens with zero attached hydrogens (tertiary/aromatic N) is 2. The zero-order valence-corrected chi connectivity index (χ0v) is 11.6. The predicted octanol–water partition coefficient (Wildman–Crippen LogP) is 4.04. The molecule has 2 aromatic rings. The molecule has 0 spiro atoms. The van der Waals surface area contributed by atoms with Gasteiger partial charge in [0.25, 0.3) is 5.69 Å². The number of aromatic nitrogens is 1. The Morgan fingerprint density at radius 2 is 1.94 bits per heavy atom. The third-order valence-corrected chi connectivity index (χ3v) is 3.74. The molecular formula is C12H9BrN2O2S. The van der Waals surface area contributed by atoms with Crippen LogP contribution in [0.4, 0.5) is 5.69 Å². The molecule has 0 amide bonds. The first-order valence-corrected chi connectivity index (χ1v) is 6.91. The van der Waals surface area contributed by atoms with Crippen molar-refractivity contribution < 1.29 is 4.92 Å². The topological polar surface area (TPSA) is 56.0 Å². The molecule has 4 nitrogen and oxygen atoms in total. The molecular weight excluding hydrogens is 316 g/mol. The third kappa shape index (κ3) is 3.54. The second-order valence-corrected chi connectivity index (χ2v) is 5.47. The van der Waals surface area contributed by atoms with E-state index in [9.17, 15) is 10.1 Å². The summed E-state index contributed by atoms with van der Waals surface area (Å²) >= 11 is 4.93. The number of nitro groups is 1. The van der Waals surface area contributed by atoms with Crippen LogP contribution in [-0.2, 0) is 5.75 Å². The maximum Gasteiger partial charge on any atom is 0.269 e. The van der Waals surface area contributed by atoms with Crippen LogP contribution in [0.25, 0.3) is 0 Å². The van der Waals surface area contributed by atoms with Crippen molar-refractivity contribution in [3.8, 4) is 0 Å². The van der Waals surface area contributed by atoms with Crippen LogP contribution in [0.3, 0.4) is 0 Å². The molecule has 0 fully saturated rings. The highest BCUT2D eigenvalue weighted by Crippen LogP contribution is 2.24. The third-order valence-electron chi connectivity index (χ3n) is 2.22. The van der Waals surface area contributed by atoms with Gasteiger partial charge in [0.15, 0.2) is 0 Å². The quantitative estimate of drug-likeness (QED) is 0.483. The first kappa shape index (κ1) is 13.0. The van der Waals surface area contributed by atoms with E-state index in [0.717, 1.165) is 20.8 Å². The highest BCUT2D eigenvalue weighted by molar-refractivity contribution is 9.10. The summed E-state index contributed by atoms with van der Waals surface area (Å²) in [6, 6.07) is 10.4. The van der Waals surface area contributed by atoms with E-state index in [1.54, 1.807) is 30.1 Å². The molecule has 1 heterocycles. The minimum Gasteiger partial charge on any atom is -0.259 e. The van der Waals surface area contributed by atoms with E-state index in [-0.39, 0.29) is 5.69 Å². The van der Waals surface area contributed by atoms with Gasteiger partial charge in [-0.2, -0.15) is 0 Å². The Bertz CT molecular complexity index is 543. The lowest BCUT2D eigenvalue weighted by Gasteiger charge is -2.01. The molecule has 1 aromatic heterocycles. The van der Waals surface area contributed by atoms with E-state index in [4.69, 9.17) is 0 Å². The van der Waals surface area contributed by atoms with Crippen LogP contribution < -0.4 is 0 Å². The molecule has 0 bridgehead atoms. The van der Waals surface area contributed by atoms with Crippen molar-refractivity contribution in [1.82, 2.24) is 4.98 Å². The first-order valence-electron chi connectivity index (χ1n) is 5.13. The van der Waals surface area contributed by atoms with Crippen molar-refractivity contribution in [3.63, 3.8) is 0 Å². The molecule has 0 aliphatic rings. The molecule has 0 radical (unpaired) electrons. The van der Waals surface area contributed by atoms with Crippen molar-refractivity contribution >= 4 is 33.4 Å². The van der Waals surface area contributed by atoms with Crippen LogP contribution in [0.5, 0.6) is 0 Å². The molecule has 18 heavy (non-hydrogen) atoms. The van der Waals surface area contributed by atoms with Crippen LogP contribution in [0.1, 0.15) is 5.69 Å². The van der Waals surface area contributed by atoms with Gasteiger partial charge in [-0.3, -0.25) is 15.1 Å². The van der Waals surface area contributed by atoms with Crippen LogP contribution in [0, 0.1) is 10.1 Å². The SMILES string of the molecule is O=[N+]([O-])c1ccc(SCc2ccc(Br)cn2)cc1. The minimum atomic E-state index is -0.398. The van der Waals surface area contributed by atoms with E-state index >= 15 is 0 Å². The average Bonchev–Trinajstić information content (AvgIpc) is 2.38. The number of benzene rings is 1. The van der Waals surface area contributed by atoms with E-state index in [1.807, 2.05) is 12.1 Å². The normalized spacial score (nSPS) is 10.3. The number of pyridine rings is 1. The van der Waals surface area contributed by atoms with Crippen LogP contribution in [0.2, 0.25) is 0 Å². The fourth-order valence-electron chi connectivity index (χ4n) is 1.31. The number of halogens is 1. The second kappa shape index (κ2) is 5.97. The highest BCUT2D eigenvalue weighted by atomic mass is 79.9. The van der Waals surface area contributed by atoms with Crippen molar-refractivity contribution in [2.45, 2.75) is 10.6 Å². The zero-order valence-electron chi connectivity index (χ0n) is 9.25. The zero-order chi connectivity index (χ0) is 13.0. The van der Waals surface area contributed by atoms with E-state index in [0.29, 0.717) is 0 Å². The van der Waals surface area contributed by atoms with Gasteiger partial charge in [-0.05, 0) is 40.2 Å². The number of hydrogen-bond donors (Lipinski definition) is 0. The summed E-state index contributed by atoms with van der Waals surface area (Å²) in [5.41, 5.74) is 1.09. The fourth-order valence-corrected chi connectivity index (χ4v) is 2.36. The number of rotatable bonds is 4. The molecule has 0 unspecified atom stereocenters. The molecule has 1 aromatic carbocycles. The Hall–Kier alpha value is -1.40. The van der Waals surface area contributed by atoms with E-state index < -0.39 is 4.92 Å². The molecule has 6 heteroatoms. The molecule has 0 saturated carbocycles. The molecule has 0 aliphatic heterocycles. The largest absolute Gasteiger partial charge is 0.269 e. The maximum absolute atomic E-state index is 10.5. The molecule has 2 rings (SSSR count). The molecule has 0 atom stereocenters. The smallest absolute Gasteiger partial charge is 0.259 e. The summed E-state index contributed by atoms with van der Waals surface area (Å²) < 4.78 is 0.951. The standard InChI is InChI=1S/C12H9BrN2O2S/c13-9-1-2-10(14-7-9)8-18-12-5-3-11(4-6-12)15(16)17/h1-7H,8H2.